The van der Waals surface area contributed by atoms with Gasteiger partial charge >= 0.3 is 23.7 Å². The quantitative estimate of drug-likeness (QED) is 0.0560. The van der Waals surface area contributed by atoms with Crippen molar-refractivity contribution < 1.29 is 43.0 Å². The number of anilines is 1. The van der Waals surface area contributed by atoms with Gasteiger partial charge in [0.05, 0.1) is 6.54 Å². The first kappa shape index (κ1) is 50.6. The Balaban J connectivity index is 0.00000250. The molecular formula is C52H74N2O10. The standard InChI is InChI=1S/C51H74N2O8.CO2/c1-32(2)12-11-13-33(3)41-21-22-42-40-19-16-35-29-38(24-26-50(35,5)43(40)25-27-51(41,42)6)60-49(59)44(53(7)31-47(56)57)15-10-8-9-14-37(54)18-23-46(55)52-36-17-20-39-34(4)28-48(58)61-45(39)30-36;2-1-3/h16-17,20,28,30,32-33,38,40-44H,8-15,18-19,21-27,29,31H2,1-7H3,(H,52,55)(H,56,57);/t33-,38+,40?,41-,42?,43?,44+,50+,51-;/m1./s1. The molecular weight excluding hydrogens is 813 g/mol. The molecule has 2 aromatic rings. The Bertz CT molecular complexity index is 2080. The van der Waals surface area contributed by atoms with Crippen LogP contribution in [0.15, 0.2) is 45.1 Å². The van der Waals surface area contributed by atoms with Crippen molar-refractivity contribution in [2.75, 3.05) is 18.9 Å². The molecule has 12 nitrogen and oxygen atoms in total. The van der Waals surface area contributed by atoms with Crippen LogP contribution in [-0.4, -0.2) is 65.5 Å². The summed E-state index contributed by atoms with van der Waals surface area (Å²) in [5.41, 5.74) is 3.28. The molecule has 6 rings (SSSR count). The topological polar surface area (TPSA) is 177 Å². The summed E-state index contributed by atoms with van der Waals surface area (Å²) < 4.78 is 11.5. The molecule has 2 N–H and O–H groups in total. The van der Waals surface area contributed by atoms with Gasteiger partial charge in [0.1, 0.15) is 23.5 Å². The summed E-state index contributed by atoms with van der Waals surface area (Å²) in [6.45, 7) is 13.9. The first-order chi connectivity index (χ1) is 30.4. The number of fused-ring (bicyclic) bond motifs is 6. The second-order valence-electron chi connectivity index (χ2n) is 20.6. The van der Waals surface area contributed by atoms with Crippen molar-refractivity contribution in [3.63, 3.8) is 0 Å². The monoisotopic (exact) mass is 887 g/mol. The zero-order chi connectivity index (χ0) is 46.8. The van der Waals surface area contributed by atoms with E-state index in [1.54, 1.807) is 30.1 Å². The summed E-state index contributed by atoms with van der Waals surface area (Å²) in [6.07, 6.45) is 18.6. The van der Waals surface area contributed by atoms with Crippen LogP contribution in [0.1, 0.15) is 156 Å². The molecule has 0 aliphatic heterocycles. The van der Waals surface area contributed by atoms with Crippen LogP contribution in [0.3, 0.4) is 0 Å². The van der Waals surface area contributed by atoms with Crippen molar-refractivity contribution in [1.29, 1.82) is 0 Å². The van der Waals surface area contributed by atoms with Crippen LogP contribution in [0, 0.1) is 53.3 Å². The number of likely N-dealkylation sites (N-methyl/N-ethyl adjacent to an activating group) is 1. The number of aryl methyl sites for hydroxylation is 1. The number of carbonyl (C=O) groups is 4. The third-order valence-electron chi connectivity index (χ3n) is 16.0. The Hall–Kier alpha value is -4.41. The molecule has 9 atom stereocenters. The molecule has 0 bridgehead atoms. The third kappa shape index (κ3) is 12.5. The highest BCUT2D eigenvalue weighted by atomic mass is 16.5. The van der Waals surface area contributed by atoms with E-state index in [-0.39, 0.29) is 54.7 Å². The molecule has 0 radical (unpaired) electrons. The average molecular weight is 887 g/mol. The van der Waals surface area contributed by atoms with Gasteiger partial charge in [-0.15, -0.1) is 0 Å². The van der Waals surface area contributed by atoms with Crippen molar-refractivity contribution in [3.8, 4) is 0 Å². The van der Waals surface area contributed by atoms with Crippen molar-refractivity contribution in [3.05, 3.63) is 51.9 Å². The number of amides is 1. The van der Waals surface area contributed by atoms with Crippen LogP contribution >= 0.6 is 0 Å². The maximum Gasteiger partial charge on any atom is 0.373 e. The van der Waals surface area contributed by atoms with E-state index in [0.29, 0.717) is 54.7 Å². The maximum absolute atomic E-state index is 13.8. The molecule has 1 heterocycles. The zero-order valence-electron chi connectivity index (χ0n) is 39.5. The number of aliphatic carboxylic acids is 1. The number of carboxylic acid groups (broad SMARTS) is 1. The van der Waals surface area contributed by atoms with E-state index >= 15 is 0 Å². The number of nitrogens with zero attached hydrogens (tertiary/aromatic N) is 1. The Morgan fingerprint density at radius 2 is 1.67 bits per heavy atom. The summed E-state index contributed by atoms with van der Waals surface area (Å²) in [6, 6.07) is 5.88. The van der Waals surface area contributed by atoms with Crippen LogP contribution in [0.4, 0.5) is 5.69 Å². The summed E-state index contributed by atoms with van der Waals surface area (Å²) >= 11 is 0. The summed E-state index contributed by atoms with van der Waals surface area (Å²) in [5, 5.41) is 13.1. The third-order valence-corrected chi connectivity index (χ3v) is 16.0. The van der Waals surface area contributed by atoms with Crippen molar-refractivity contribution in [1.82, 2.24) is 4.90 Å². The number of Topliss-reactive ketones (excluding diaryl/α,β-unsaturated/α-hetero) is 1. The molecule has 1 aromatic carbocycles. The lowest BCUT2D eigenvalue weighted by molar-refractivity contribution is -0.191. The van der Waals surface area contributed by atoms with Crippen LogP contribution in [0.5, 0.6) is 0 Å². The van der Waals surface area contributed by atoms with Gasteiger partial charge < -0.3 is 19.6 Å². The van der Waals surface area contributed by atoms with E-state index in [4.69, 9.17) is 18.7 Å². The maximum atomic E-state index is 13.8. The van der Waals surface area contributed by atoms with Crippen LogP contribution < -0.4 is 10.9 Å². The molecule has 4 aliphatic rings. The second-order valence-corrected chi connectivity index (χ2v) is 20.6. The Labute approximate surface area is 379 Å². The minimum atomic E-state index is -0.995. The minimum Gasteiger partial charge on any atom is -0.480 e. The highest BCUT2D eigenvalue weighted by molar-refractivity contribution is 5.95. The highest BCUT2D eigenvalue weighted by Gasteiger charge is 2.59. The minimum absolute atomic E-state index is 0.0151. The van der Waals surface area contributed by atoms with Crippen LogP contribution in [0.25, 0.3) is 11.0 Å². The fraction of sp³-hybridized carbons (Fsp3) is 0.692. The lowest BCUT2D eigenvalue weighted by Crippen LogP contribution is -2.51. The molecule has 0 saturated heterocycles. The molecule has 3 fully saturated rings. The molecule has 64 heavy (non-hydrogen) atoms. The number of nitrogens with one attached hydrogen (secondary N) is 1. The van der Waals surface area contributed by atoms with Gasteiger partial charge in [-0.25, -0.2) is 4.79 Å². The van der Waals surface area contributed by atoms with Gasteiger partial charge in [0.15, 0.2) is 0 Å². The number of ketones is 1. The van der Waals surface area contributed by atoms with E-state index in [1.807, 2.05) is 6.92 Å². The lowest BCUT2D eigenvalue weighted by atomic mass is 9.47. The SMILES string of the molecule is Cc1cc(=O)oc2cc(NC(=O)CCC(=O)CCCCC[C@@H](C(=O)O[C@H]3CC[C@@]4(C)C(=CCC5C4CC[C@@]4(C)C5CC[C@@H]4[C@H](C)CCCC(C)C)C3)N(C)CC(=O)O)ccc12.O=C=O. The Morgan fingerprint density at radius 1 is 0.922 bits per heavy atom. The largest absolute Gasteiger partial charge is 0.480 e. The first-order valence-corrected chi connectivity index (χ1v) is 24.1. The normalized spacial score (nSPS) is 26.9. The van der Waals surface area contributed by atoms with E-state index in [9.17, 15) is 29.1 Å². The van der Waals surface area contributed by atoms with Gasteiger partial charge in [-0.05, 0) is 136 Å². The molecule has 3 unspecified atom stereocenters. The number of rotatable bonds is 20. The van der Waals surface area contributed by atoms with E-state index < -0.39 is 17.6 Å². The number of hydrogen-bond acceptors (Lipinski definition) is 10. The predicted molar refractivity (Wildman–Crippen MR) is 245 cm³/mol. The number of esters is 1. The number of unbranched alkanes of at least 4 members (excludes halogenated alkanes) is 2. The number of carbonyl (C=O) groups excluding carboxylic acids is 5. The lowest BCUT2D eigenvalue weighted by Gasteiger charge is -2.58. The average Bonchev–Trinajstić information content (AvgIpc) is 3.58. The summed E-state index contributed by atoms with van der Waals surface area (Å²) in [4.78, 5) is 80.4. The van der Waals surface area contributed by atoms with Gasteiger partial charge in [0, 0.05) is 48.9 Å². The van der Waals surface area contributed by atoms with E-state index in [0.717, 1.165) is 66.2 Å². The first-order valence-electron chi connectivity index (χ1n) is 24.1. The summed E-state index contributed by atoms with van der Waals surface area (Å²) in [7, 11) is 1.67. The van der Waals surface area contributed by atoms with Crippen molar-refractivity contribution >= 4 is 46.4 Å². The molecule has 12 heteroatoms. The number of benzene rings is 1. The number of carboxylic acids is 1. The Kier molecular flexibility index (Phi) is 17.9. The zero-order valence-corrected chi connectivity index (χ0v) is 39.5. The molecule has 0 spiro atoms. The fourth-order valence-corrected chi connectivity index (χ4v) is 12.7. The fourth-order valence-electron chi connectivity index (χ4n) is 12.7. The van der Waals surface area contributed by atoms with Gasteiger partial charge in [-0.2, -0.15) is 9.59 Å². The van der Waals surface area contributed by atoms with Gasteiger partial charge in [0.25, 0.3) is 0 Å². The highest BCUT2D eigenvalue weighted by Crippen LogP contribution is 2.67. The van der Waals surface area contributed by atoms with Gasteiger partial charge in [0.2, 0.25) is 5.91 Å². The molecule has 352 valence electrons. The Morgan fingerprint density at radius 3 is 2.39 bits per heavy atom. The predicted octanol–water partition coefficient (Wildman–Crippen LogP) is 10.1. The van der Waals surface area contributed by atoms with Crippen LogP contribution in [0.2, 0.25) is 0 Å². The van der Waals surface area contributed by atoms with Crippen molar-refractivity contribution in [2.45, 2.75) is 169 Å². The van der Waals surface area contributed by atoms with E-state index in [1.165, 1.54) is 56.6 Å². The second kappa shape index (κ2) is 22.7. The molecule has 3 saturated carbocycles. The number of ether oxygens (including phenoxy) is 1. The summed E-state index contributed by atoms with van der Waals surface area (Å²) in [5.74, 6) is 2.96. The van der Waals surface area contributed by atoms with Crippen LogP contribution in [-0.2, 0) is 33.5 Å². The molecule has 4 aliphatic carbocycles. The van der Waals surface area contributed by atoms with E-state index in [2.05, 4.69) is 46.0 Å². The van der Waals surface area contributed by atoms with Gasteiger partial charge in [-0.3, -0.25) is 24.1 Å². The van der Waals surface area contributed by atoms with Gasteiger partial charge in [-0.1, -0.05) is 78.4 Å². The number of hydrogen-bond donors (Lipinski definition) is 2. The molecule has 1 aromatic heterocycles. The van der Waals surface area contributed by atoms with Crippen molar-refractivity contribution in [2.24, 2.45) is 46.3 Å². The molecule has 1 amide bonds. The smallest absolute Gasteiger partial charge is 0.373 e. The number of allylic oxidation sites excluding steroid dienone is 1.